The van der Waals surface area contributed by atoms with Gasteiger partial charge in [-0.05, 0) is 43.9 Å². The molecule has 1 N–H and O–H groups in total. The topological polar surface area (TPSA) is 69.3 Å². The molecule has 1 aromatic heterocycles. The quantitative estimate of drug-likeness (QED) is 0.532. The highest BCUT2D eigenvalue weighted by molar-refractivity contribution is 6.06. The number of para-hydroxylation sites is 1. The number of nitrogens with zero attached hydrogens (tertiary/aromatic N) is 3. The molecule has 0 bridgehead atoms. The van der Waals surface area contributed by atoms with Crippen LogP contribution in [0.3, 0.4) is 0 Å². The van der Waals surface area contributed by atoms with Gasteiger partial charge in [-0.2, -0.15) is 5.10 Å². The van der Waals surface area contributed by atoms with E-state index in [4.69, 9.17) is 0 Å². The fourth-order valence-electron chi connectivity index (χ4n) is 6.00. The minimum absolute atomic E-state index is 0.0553. The maximum absolute atomic E-state index is 14.0. The Morgan fingerprint density at radius 3 is 2.40 bits per heavy atom. The number of hydrogen-bond acceptors (Lipinski definition) is 3. The molecule has 0 spiro atoms. The molecule has 1 saturated heterocycles. The number of aromatic amines is 1. The summed E-state index contributed by atoms with van der Waals surface area (Å²) in [5.41, 5.74) is 3.04. The molecule has 1 unspecified atom stereocenters. The summed E-state index contributed by atoms with van der Waals surface area (Å²) in [6.45, 7) is 3.88. The Labute approximate surface area is 207 Å². The van der Waals surface area contributed by atoms with E-state index in [0.717, 1.165) is 49.0 Å². The number of carbonyl (C=O) groups excluding carboxylic acids is 2. The predicted octanol–water partition coefficient (Wildman–Crippen LogP) is 5.29. The number of rotatable bonds is 6. The highest BCUT2D eigenvalue weighted by Gasteiger charge is 2.45. The molecule has 2 aliphatic rings. The smallest absolute Gasteiger partial charge is 0.261 e. The zero-order chi connectivity index (χ0) is 24.3. The standard InChI is InChI=1S/C29H34N4O2/c1-2-33(24-14-8-4-9-15-24)27(34)25-20-30-31-26(25)22-16-19-32(21-22)28(35)29(17-10-5-11-18-29)23-12-6-3-7-13-23/h3-4,6-9,12-15,20,22H,2,5,10-11,16-19,21H2,1H3,(H,30,31). The van der Waals surface area contributed by atoms with Crippen molar-refractivity contribution in [3.05, 3.63) is 83.7 Å². The van der Waals surface area contributed by atoms with Crippen LogP contribution in [0.15, 0.2) is 66.9 Å². The van der Waals surface area contributed by atoms with Crippen molar-refractivity contribution in [2.75, 3.05) is 24.5 Å². The fraction of sp³-hybridized carbons (Fsp3) is 0.414. The van der Waals surface area contributed by atoms with E-state index in [1.165, 1.54) is 6.42 Å². The molecule has 2 heterocycles. The lowest BCUT2D eigenvalue weighted by Crippen LogP contribution is -2.47. The van der Waals surface area contributed by atoms with Crippen LogP contribution in [0.4, 0.5) is 5.69 Å². The van der Waals surface area contributed by atoms with Gasteiger partial charge in [-0.25, -0.2) is 0 Å². The molecule has 1 saturated carbocycles. The maximum Gasteiger partial charge on any atom is 0.261 e. The van der Waals surface area contributed by atoms with Crippen LogP contribution in [0.2, 0.25) is 0 Å². The molecular weight excluding hydrogens is 436 g/mol. The van der Waals surface area contributed by atoms with Crippen molar-refractivity contribution in [1.82, 2.24) is 15.1 Å². The lowest BCUT2D eigenvalue weighted by atomic mass is 9.68. The largest absolute Gasteiger partial charge is 0.341 e. The van der Waals surface area contributed by atoms with Crippen LogP contribution >= 0.6 is 0 Å². The number of carbonyl (C=O) groups is 2. The summed E-state index contributed by atoms with van der Waals surface area (Å²) in [6.07, 6.45) is 7.66. The lowest BCUT2D eigenvalue weighted by Gasteiger charge is -2.39. The van der Waals surface area contributed by atoms with Gasteiger partial charge >= 0.3 is 0 Å². The van der Waals surface area contributed by atoms with E-state index in [2.05, 4.69) is 22.3 Å². The Morgan fingerprint density at radius 2 is 1.71 bits per heavy atom. The number of amides is 2. The summed E-state index contributed by atoms with van der Waals surface area (Å²) in [5, 5.41) is 7.35. The Bertz CT molecular complexity index is 1150. The van der Waals surface area contributed by atoms with Gasteiger partial charge in [0.2, 0.25) is 5.91 Å². The van der Waals surface area contributed by atoms with Gasteiger partial charge < -0.3 is 9.80 Å². The normalized spacial score (nSPS) is 19.5. The first-order chi connectivity index (χ1) is 17.1. The number of aromatic nitrogens is 2. The third kappa shape index (κ3) is 4.38. The van der Waals surface area contributed by atoms with E-state index >= 15 is 0 Å². The first-order valence-corrected chi connectivity index (χ1v) is 12.9. The molecule has 1 aliphatic carbocycles. The summed E-state index contributed by atoms with van der Waals surface area (Å²) in [4.78, 5) is 31.3. The number of benzene rings is 2. The number of H-pyrrole nitrogens is 1. The van der Waals surface area contributed by atoms with Crippen molar-refractivity contribution in [3.8, 4) is 0 Å². The molecule has 0 radical (unpaired) electrons. The van der Waals surface area contributed by atoms with Gasteiger partial charge in [-0.3, -0.25) is 14.7 Å². The van der Waals surface area contributed by atoms with Crippen molar-refractivity contribution < 1.29 is 9.59 Å². The van der Waals surface area contributed by atoms with Gasteiger partial charge in [0.15, 0.2) is 0 Å². The van der Waals surface area contributed by atoms with Crippen LogP contribution in [0.5, 0.6) is 0 Å². The van der Waals surface area contributed by atoms with Gasteiger partial charge in [0, 0.05) is 31.2 Å². The van der Waals surface area contributed by atoms with Gasteiger partial charge in [0.05, 0.1) is 22.9 Å². The van der Waals surface area contributed by atoms with Crippen molar-refractivity contribution >= 4 is 17.5 Å². The average Bonchev–Trinajstić information content (AvgIpc) is 3.60. The molecule has 2 amide bonds. The first kappa shape index (κ1) is 23.3. The van der Waals surface area contributed by atoms with E-state index in [1.54, 1.807) is 11.1 Å². The van der Waals surface area contributed by atoms with Crippen LogP contribution in [-0.2, 0) is 10.2 Å². The molecule has 6 heteroatoms. The summed E-state index contributed by atoms with van der Waals surface area (Å²) in [6, 6.07) is 20.1. The molecule has 3 aromatic rings. The summed E-state index contributed by atoms with van der Waals surface area (Å²) >= 11 is 0. The summed E-state index contributed by atoms with van der Waals surface area (Å²) in [7, 11) is 0. The number of likely N-dealkylation sites (tertiary alicyclic amines) is 1. The van der Waals surface area contributed by atoms with Crippen LogP contribution in [0.1, 0.15) is 73.0 Å². The molecule has 182 valence electrons. The minimum Gasteiger partial charge on any atom is -0.341 e. The second kappa shape index (κ2) is 10.1. The Kier molecular flexibility index (Phi) is 6.71. The van der Waals surface area contributed by atoms with E-state index in [9.17, 15) is 9.59 Å². The van der Waals surface area contributed by atoms with Gasteiger partial charge in [0.1, 0.15) is 0 Å². The molecular formula is C29H34N4O2. The Hall–Kier alpha value is -3.41. The van der Waals surface area contributed by atoms with Crippen molar-refractivity contribution in [2.45, 2.75) is 56.8 Å². The van der Waals surface area contributed by atoms with Crippen LogP contribution in [0.25, 0.3) is 0 Å². The second-order valence-electron chi connectivity index (χ2n) is 9.83. The first-order valence-electron chi connectivity index (χ1n) is 12.9. The summed E-state index contributed by atoms with van der Waals surface area (Å²) < 4.78 is 0. The fourth-order valence-corrected chi connectivity index (χ4v) is 6.00. The maximum atomic E-state index is 14.0. The van der Waals surface area contributed by atoms with Gasteiger partial charge in [-0.15, -0.1) is 0 Å². The van der Waals surface area contributed by atoms with E-state index in [0.29, 0.717) is 25.2 Å². The molecule has 1 atom stereocenters. The molecule has 2 aromatic carbocycles. The monoisotopic (exact) mass is 470 g/mol. The molecule has 2 fully saturated rings. The third-order valence-electron chi connectivity index (χ3n) is 7.86. The highest BCUT2D eigenvalue weighted by atomic mass is 16.2. The lowest BCUT2D eigenvalue weighted by molar-refractivity contribution is -0.137. The number of anilines is 1. The molecule has 6 nitrogen and oxygen atoms in total. The molecule has 5 rings (SSSR count). The number of nitrogens with one attached hydrogen (secondary N) is 1. The van der Waals surface area contributed by atoms with Crippen LogP contribution < -0.4 is 4.90 Å². The third-order valence-corrected chi connectivity index (χ3v) is 7.86. The zero-order valence-electron chi connectivity index (χ0n) is 20.5. The van der Waals surface area contributed by atoms with E-state index < -0.39 is 5.41 Å². The molecule has 1 aliphatic heterocycles. The van der Waals surface area contributed by atoms with Crippen LogP contribution in [-0.4, -0.2) is 46.5 Å². The van der Waals surface area contributed by atoms with E-state index in [-0.39, 0.29) is 17.7 Å². The average molecular weight is 471 g/mol. The van der Waals surface area contributed by atoms with Crippen molar-refractivity contribution in [3.63, 3.8) is 0 Å². The minimum atomic E-state index is -0.423. The summed E-state index contributed by atoms with van der Waals surface area (Å²) in [5.74, 6) is 0.268. The van der Waals surface area contributed by atoms with Gasteiger partial charge in [-0.1, -0.05) is 67.8 Å². The van der Waals surface area contributed by atoms with E-state index in [1.807, 2.05) is 60.4 Å². The number of hydrogen-bond donors (Lipinski definition) is 1. The van der Waals surface area contributed by atoms with Crippen molar-refractivity contribution in [2.24, 2.45) is 0 Å². The zero-order valence-corrected chi connectivity index (χ0v) is 20.5. The Balaban J connectivity index is 1.36. The SMILES string of the molecule is CCN(C(=O)c1cn[nH]c1C1CCN(C(=O)C2(c3ccccc3)CCCCC2)C1)c1ccccc1. The predicted molar refractivity (Wildman–Crippen MR) is 138 cm³/mol. The van der Waals surface area contributed by atoms with Crippen molar-refractivity contribution in [1.29, 1.82) is 0 Å². The Morgan fingerprint density at radius 1 is 1.03 bits per heavy atom. The highest BCUT2D eigenvalue weighted by Crippen LogP contribution is 2.42. The van der Waals surface area contributed by atoms with Crippen LogP contribution in [0, 0.1) is 0 Å². The second-order valence-corrected chi connectivity index (χ2v) is 9.83. The van der Waals surface area contributed by atoms with Gasteiger partial charge in [0.25, 0.3) is 5.91 Å². The molecule has 35 heavy (non-hydrogen) atoms.